The lowest BCUT2D eigenvalue weighted by Gasteiger charge is -2.16. The van der Waals surface area contributed by atoms with Gasteiger partial charge in [0.25, 0.3) is 0 Å². The van der Waals surface area contributed by atoms with Crippen LogP contribution in [0.15, 0.2) is 30.3 Å². The minimum Gasteiger partial charge on any atom is -0.438 e. The fraction of sp³-hybridized carbons (Fsp3) is 0.333. The number of hydrogen-bond acceptors (Lipinski definition) is 5. The van der Waals surface area contributed by atoms with Crippen LogP contribution in [0.3, 0.4) is 0 Å². The summed E-state index contributed by atoms with van der Waals surface area (Å²) in [5.41, 5.74) is -0.973. The molecule has 0 aliphatic heterocycles. The second-order valence-electron chi connectivity index (χ2n) is 3.88. The predicted octanol–water partition coefficient (Wildman–Crippen LogP) is 2.05. The number of nitrogens with one attached hydrogen (secondary N) is 1. The maximum Gasteiger partial charge on any atom is 0.510 e. The monoisotopic (exact) mass is 251 g/mol. The highest BCUT2D eigenvalue weighted by Gasteiger charge is 2.49. The third-order valence-electron chi connectivity index (χ3n) is 2.43. The maximum absolute atomic E-state index is 11.6. The van der Waals surface area contributed by atoms with Gasteiger partial charge in [0.15, 0.2) is 5.72 Å². The van der Waals surface area contributed by atoms with E-state index in [9.17, 15) is 9.59 Å². The molecule has 1 fully saturated rings. The molecule has 0 heterocycles. The molecule has 0 saturated heterocycles. The average molecular weight is 251 g/mol. The van der Waals surface area contributed by atoms with Crippen molar-refractivity contribution in [1.29, 1.82) is 0 Å². The summed E-state index contributed by atoms with van der Waals surface area (Å²) >= 11 is 0. The molecule has 0 atom stereocenters. The van der Waals surface area contributed by atoms with Gasteiger partial charge in [-0.05, 0) is 12.1 Å². The molecule has 1 amide bonds. The van der Waals surface area contributed by atoms with Crippen molar-refractivity contribution in [1.82, 2.24) is 5.32 Å². The number of benzene rings is 1. The zero-order valence-corrected chi connectivity index (χ0v) is 9.84. The van der Waals surface area contributed by atoms with Crippen LogP contribution in [0.2, 0.25) is 0 Å². The van der Waals surface area contributed by atoms with Crippen molar-refractivity contribution in [3.05, 3.63) is 30.3 Å². The molecule has 0 aromatic heterocycles. The highest BCUT2D eigenvalue weighted by molar-refractivity contribution is 5.72. The van der Waals surface area contributed by atoms with Gasteiger partial charge in [-0.3, -0.25) is 5.32 Å². The van der Waals surface area contributed by atoms with Gasteiger partial charge >= 0.3 is 12.2 Å². The molecular formula is C12H13NO5. The van der Waals surface area contributed by atoms with Gasteiger partial charge in [0, 0.05) is 12.8 Å². The Morgan fingerprint density at radius 3 is 2.44 bits per heavy atom. The molecule has 1 aliphatic rings. The van der Waals surface area contributed by atoms with Crippen molar-refractivity contribution in [2.45, 2.75) is 18.6 Å². The van der Waals surface area contributed by atoms with Crippen LogP contribution in [0.4, 0.5) is 9.59 Å². The summed E-state index contributed by atoms with van der Waals surface area (Å²) in [4.78, 5) is 22.5. The van der Waals surface area contributed by atoms with Crippen molar-refractivity contribution in [3.8, 4) is 5.75 Å². The van der Waals surface area contributed by atoms with Crippen molar-refractivity contribution < 1.29 is 23.8 Å². The van der Waals surface area contributed by atoms with Gasteiger partial charge in [0.05, 0.1) is 7.11 Å². The molecule has 6 nitrogen and oxygen atoms in total. The average Bonchev–Trinajstić information content (AvgIpc) is 3.09. The Hall–Kier alpha value is -2.24. The molecule has 0 spiro atoms. The summed E-state index contributed by atoms with van der Waals surface area (Å²) in [5, 5.41) is 2.50. The zero-order chi connectivity index (χ0) is 13.0. The first kappa shape index (κ1) is 12.2. The highest BCUT2D eigenvalue weighted by atomic mass is 16.7. The SMILES string of the molecule is COC(=O)OC1(NC(=O)Oc2ccccc2)CC1. The summed E-state index contributed by atoms with van der Waals surface area (Å²) in [7, 11) is 1.21. The van der Waals surface area contributed by atoms with Gasteiger partial charge in [-0.25, -0.2) is 9.59 Å². The molecule has 0 bridgehead atoms. The summed E-state index contributed by atoms with van der Waals surface area (Å²) in [6.07, 6.45) is -0.395. The van der Waals surface area contributed by atoms with Gasteiger partial charge in [-0.15, -0.1) is 0 Å². The molecule has 1 saturated carbocycles. The van der Waals surface area contributed by atoms with Gasteiger partial charge < -0.3 is 14.2 Å². The molecule has 18 heavy (non-hydrogen) atoms. The number of ether oxygens (including phenoxy) is 3. The van der Waals surface area contributed by atoms with Crippen molar-refractivity contribution in [2.75, 3.05) is 7.11 Å². The fourth-order valence-corrected chi connectivity index (χ4v) is 1.37. The molecule has 96 valence electrons. The van der Waals surface area contributed by atoms with E-state index < -0.39 is 18.0 Å². The largest absolute Gasteiger partial charge is 0.510 e. The Morgan fingerprint density at radius 1 is 1.22 bits per heavy atom. The van der Waals surface area contributed by atoms with Crippen LogP contribution in [-0.2, 0) is 9.47 Å². The second-order valence-corrected chi connectivity index (χ2v) is 3.88. The van der Waals surface area contributed by atoms with Gasteiger partial charge in [0.2, 0.25) is 0 Å². The van der Waals surface area contributed by atoms with Crippen LogP contribution in [0, 0.1) is 0 Å². The molecule has 2 rings (SSSR count). The van der Waals surface area contributed by atoms with E-state index in [1.807, 2.05) is 6.07 Å². The highest BCUT2D eigenvalue weighted by Crippen LogP contribution is 2.37. The Kier molecular flexibility index (Phi) is 3.36. The van der Waals surface area contributed by atoms with E-state index in [2.05, 4.69) is 10.1 Å². The molecule has 1 N–H and O–H groups in total. The lowest BCUT2D eigenvalue weighted by molar-refractivity contribution is 0.0130. The van der Waals surface area contributed by atoms with E-state index in [1.165, 1.54) is 7.11 Å². The van der Waals surface area contributed by atoms with Gasteiger partial charge in [-0.1, -0.05) is 18.2 Å². The van der Waals surface area contributed by atoms with Crippen LogP contribution < -0.4 is 10.1 Å². The molecule has 1 aliphatic carbocycles. The molecule has 6 heteroatoms. The number of rotatable bonds is 3. The Balaban J connectivity index is 1.86. The van der Waals surface area contributed by atoms with E-state index >= 15 is 0 Å². The van der Waals surface area contributed by atoms with Crippen molar-refractivity contribution in [2.24, 2.45) is 0 Å². The molecular weight excluding hydrogens is 238 g/mol. The van der Waals surface area contributed by atoms with Gasteiger partial charge in [0.1, 0.15) is 5.75 Å². The first-order valence-electron chi connectivity index (χ1n) is 5.45. The van der Waals surface area contributed by atoms with E-state index in [1.54, 1.807) is 24.3 Å². The van der Waals surface area contributed by atoms with Crippen LogP contribution in [0.1, 0.15) is 12.8 Å². The number of amides is 1. The van der Waals surface area contributed by atoms with Crippen LogP contribution in [0.25, 0.3) is 0 Å². The van der Waals surface area contributed by atoms with Crippen LogP contribution >= 0.6 is 0 Å². The molecule has 0 unspecified atom stereocenters. The number of methoxy groups -OCH3 is 1. The Labute approximate surface area is 104 Å². The number of carbonyl (C=O) groups excluding carboxylic acids is 2. The number of carbonyl (C=O) groups is 2. The summed E-state index contributed by atoms with van der Waals surface area (Å²) in [6.45, 7) is 0. The van der Waals surface area contributed by atoms with Gasteiger partial charge in [-0.2, -0.15) is 0 Å². The minimum atomic E-state index is -0.973. The van der Waals surface area contributed by atoms with Crippen LogP contribution in [-0.4, -0.2) is 25.1 Å². The second kappa shape index (κ2) is 4.95. The normalized spacial score (nSPS) is 15.4. The molecule has 1 aromatic rings. The predicted molar refractivity (Wildman–Crippen MR) is 61.1 cm³/mol. The lowest BCUT2D eigenvalue weighted by Crippen LogP contribution is -2.42. The third kappa shape index (κ3) is 3.13. The van der Waals surface area contributed by atoms with E-state index in [0.29, 0.717) is 18.6 Å². The van der Waals surface area contributed by atoms with E-state index in [-0.39, 0.29) is 0 Å². The first-order chi connectivity index (χ1) is 8.63. The standard InChI is InChI=1S/C12H13NO5/c1-16-11(15)18-12(7-8-12)13-10(14)17-9-5-3-2-4-6-9/h2-6H,7-8H2,1H3,(H,13,14). The third-order valence-corrected chi connectivity index (χ3v) is 2.43. The Bertz CT molecular complexity index is 441. The first-order valence-corrected chi connectivity index (χ1v) is 5.45. The smallest absolute Gasteiger partial charge is 0.438 e. The quantitative estimate of drug-likeness (QED) is 0.657. The fourth-order valence-electron chi connectivity index (χ4n) is 1.37. The summed E-state index contributed by atoms with van der Waals surface area (Å²) in [6, 6.07) is 8.62. The molecule has 1 aromatic carbocycles. The summed E-state index contributed by atoms with van der Waals surface area (Å²) in [5.74, 6) is 0.420. The van der Waals surface area contributed by atoms with Crippen LogP contribution in [0.5, 0.6) is 5.75 Å². The minimum absolute atomic E-state index is 0.420. The lowest BCUT2D eigenvalue weighted by atomic mass is 10.3. The number of hydrogen-bond donors (Lipinski definition) is 1. The number of para-hydroxylation sites is 1. The van der Waals surface area contributed by atoms with Crippen molar-refractivity contribution in [3.63, 3.8) is 0 Å². The Morgan fingerprint density at radius 2 is 1.89 bits per heavy atom. The topological polar surface area (TPSA) is 73.9 Å². The maximum atomic E-state index is 11.6. The van der Waals surface area contributed by atoms with E-state index in [0.717, 1.165) is 0 Å². The summed E-state index contributed by atoms with van der Waals surface area (Å²) < 4.78 is 14.3. The van der Waals surface area contributed by atoms with E-state index in [4.69, 9.17) is 9.47 Å². The zero-order valence-electron chi connectivity index (χ0n) is 9.84. The van der Waals surface area contributed by atoms with Crippen molar-refractivity contribution >= 4 is 12.2 Å². The molecule has 0 radical (unpaired) electrons.